The van der Waals surface area contributed by atoms with Crippen LogP contribution in [0.3, 0.4) is 0 Å². The monoisotopic (exact) mass is 1040 g/mol. The van der Waals surface area contributed by atoms with Gasteiger partial charge < -0.3 is 14.2 Å². The quantitative estimate of drug-likeness (QED) is 0.0261. The van der Waals surface area contributed by atoms with Gasteiger partial charge in [-0.1, -0.05) is 266 Å². The van der Waals surface area contributed by atoms with E-state index in [-0.39, 0.29) is 31.1 Å². The van der Waals surface area contributed by atoms with Gasteiger partial charge in [-0.05, 0) is 116 Å². The van der Waals surface area contributed by atoms with Crippen LogP contribution >= 0.6 is 0 Å². The van der Waals surface area contributed by atoms with Gasteiger partial charge in [0.2, 0.25) is 0 Å². The van der Waals surface area contributed by atoms with E-state index in [9.17, 15) is 14.4 Å². The van der Waals surface area contributed by atoms with Crippen molar-refractivity contribution in [3.63, 3.8) is 0 Å². The molecule has 0 heterocycles. The van der Waals surface area contributed by atoms with Crippen LogP contribution in [0.2, 0.25) is 0 Å². The zero-order valence-electron chi connectivity index (χ0n) is 49.6. The van der Waals surface area contributed by atoms with Gasteiger partial charge in [-0.2, -0.15) is 0 Å². The van der Waals surface area contributed by atoms with Crippen molar-refractivity contribution in [2.45, 2.75) is 322 Å². The number of carbonyl (C=O) groups is 3. The first-order valence-corrected chi connectivity index (χ1v) is 32.1. The standard InChI is InChI=1S/C69H120O6/c1-4-7-10-13-16-19-22-25-28-31-32-33-34-35-36-39-41-44-47-50-53-56-59-62-68(71)74-65-66(75-69(72)63-60-57-54-51-48-45-42-38-30-27-24-21-18-15-12-9-6-3)64-73-67(70)61-58-55-52-49-46-43-40-37-29-26-23-20-17-14-11-8-5-2/h7,10,16,18-19,21,25-30,32-33,66H,4-6,8-9,11-15,17,20,22-24,31,34-65H2,1-3H3/b10-7-,19-16-,21-18-,28-25-,29-26-,30-27-,33-32-. The van der Waals surface area contributed by atoms with E-state index in [0.717, 1.165) is 96.3 Å². The summed E-state index contributed by atoms with van der Waals surface area (Å²) in [7, 11) is 0. The van der Waals surface area contributed by atoms with Gasteiger partial charge >= 0.3 is 17.9 Å². The smallest absolute Gasteiger partial charge is 0.306 e. The summed E-state index contributed by atoms with van der Waals surface area (Å²) < 4.78 is 16.9. The van der Waals surface area contributed by atoms with Gasteiger partial charge in [0.05, 0.1) is 0 Å². The van der Waals surface area contributed by atoms with Crippen LogP contribution in [0.5, 0.6) is 0 Å². The summed E-state index contributed by atoms with van der Waals surface area (Å²) >= 11 is 0. The summed E-state index contributed by atoms with van der Waals surface area (Å²) in [5, 5.41) is 0. The van der Waals surface area contributed by atoms with Crippen LogP contribution in [-0.4, -0.2) is 37.2 Å². The molecule has 1 atom stereocenters. The molecule has 1 unspecified atom stereocenters. The molecule has 0 saturated carbocycles. The number of esters is 3. The molecular formula is C69H120O6. The highest BCUT2D eigenvalue weighted by Crippen LogP contribution is 2.16. The average molecular weight is 1050 g/mol. The van der Waals surface area contributed by atoms with E-state index < -0.39 is 6.10 Å². The zero-order valence-corrected chi connectivity index (χ0v) is 49.6. The molecule has 0 saturated heterocycles. The molecule has 0 aromatic rings. The second kappa shape index (κ2) is 63.1. The third-order valence-electron chi connectivity index (χ3n) is 13.9. The number of rotatable bonds is 58. The minimum absolute atomic E-state index is 0.0819. The highest BCUT2D eigenvalue weighted by molar-refractivity contribution is 5.71. The Bertz CT molecular complexity index is 1430. The van der Waals surface area contributed by atoms with Gasteiger partial charge in [-0.3, -0.25) is 14.4 Å². The lowest BCUT2D eigenvalue weighted by Gasteiger charge is -2.18. The highest BCUT2D eigenvalue weighted by atomic mass is 16.6. The molecule has 0 aliphatic heterocycles. The SMILES string of the molecule is CC/C=C\C/C=C\C/C=C\C/C=C\CCCCCCCCCCCCC(=O)OCC(COC(=O)CCCCCCCCC/C=C\CCCCCCCC)OC(=O)CCCCCCCCC/C=C\C/C=C\CCCCC. The molecule has 0 aliphatic carbocycles. The van der Waals surface area contributed by atoms with Gasteiger partial charge in [-0.15, -0.1) is 0 Å². The molecule has 6 nitrogen and oxygen atoms in total. The number of hydrogen-bond acceptors (Lipinski definition) is 6. The Morgan fingerprint density at radius 3 is 0.853 bits per heavy atom. The molecule has 432 valence electrons. The Kier molecular flexibility index (Phi) is 60.3. The molecule has 0 aromatic carbocycles. The summed E-state index contributed by atoms with van der Waals surface area (Å²) in [5.41, 5.74) is 0. The van der Waals surface area contributed by atoms with Crippen molar-refractivity contribution in [1.82, 2.24) is 0 Å². The molecule has 0 amide bonds. The van der Waals surface area contributed by atoms with E-state index in [1.165, 1.54) is 180 Å². The lowest BCUT2D eigenvalue weighted by atomic mass is 10.1. The van der Waals surface area contributed by atoms with Crippen LogP contribution in [0.25, 0.3) is 0 Å². The largest absolute Gasteiger partial charge is 0.462 e. The first-order valence-electron chi connectivity index (χ1n) is 32.1. The van der Waals surface area contributed by atoms with Gasteiger partial charge in [0.15, 0.2) is 6.10 Å². The Morgan fingerprint density at radius 1 is 0.280 bits per heavy atom. The molecule has 0 rings (SSSR count). The topological polar surface area (TPSA) is 78.9 Å². The van der Waals surface area contributed by atoms with E-state index in [4.69, 9.17) is 14.2 Å². The number of carbonyl (C=O) groups excluding carboxylic acids is 3. The second-order valence-electron chi connectivity index (χ2n) is 21.3. The Balaban J connectivity index is 4.37. The summed E-state index contributed by atoms with van der Waals surface area (Å²) in [6.07, 6.45) is 82.9. The number of ether oxygens (including phenoxy) is 3. The molecule has 0 aliphatic rings. The molecule has 6 heteroatoms. The molecular weight excluding hydrogens is 925 g/mol. The zero-order chi connectivity index (χ0) is 54.3. The van der Waals surface area contributed by atoms with Crippen molar-refractivity contribution in [3.8, 4) is 0 Å². The fourth-order valence-electron chi connectivity index (χ4n) is 9.05. The fraction of sp³-hybridized carbons (Fsp3) is 0.754. The maximum atomic E-state index is 12.9. The third kappa shape index (κ3) is 61.3. The van der Waals surface area contributed by atoms with Crippen LogP contribution in [0.1, 0.15) is 316 Å². The van der Waals surface area contributed by atoms with Crippen LogP contribution in [-0.2, 0) is 28.6 Å². The van der Waals surface area contributed by atoms with Gasteiger partial charge in [0.1, 0.15) is 13.2 Å². The number of allylic oxidation sites excluding steroid dienone is 14. The molecule has 0 N–H and O–H groups in total. The normalized spacial score (nSPS) is 12.6. The predicted octanol–water partition coefficient (Wildman–Crippen LogP) is 21.9. The minimum Gasteiger partial charge on any atom is -0.462 e. The number of unbranched alkanes of at least 4 members (excludes halogenated alkanes) is 33. The van der Waals surface area contributed by atoms with Gasteiger partial charge in [-0.25, -0.2) is 0 Å². The summed E-state index contributed by atoms with van der Waals surface area (Å²) in [6.45, 7) is 6.52. The predicted molar refractivity (Wildman–Crippen MR) is 325 cm³/mol. The van der Waals surface area contributed by atoms with Crippen molar-refractivity contribution in [3.05, 3.63) is 85.1 Å². The van der Waals surface area contributed by atoms with E-state index in [0.29, 0.717) is 19.3 Å². The van der Waals surface area contributed by atoms with Crippen molar-refractivity contribution in [2.24, 2.45) is 0 Å². The Labute approximate surface area is 465 Å². The highest BCUT2D eigenvalue weighted by Gasteiger charge is 2.19. The van der Waals surface area contributed by atoms with Crippen LogP contribution < -0.4 is 0 Å². The lowest BCUT2D eigenvalue weighted by Crippen LogP contribution is -2.30. The fourth-order valence-corrected chi connectivity index (χ4v) is 9.05. The average Bonchev–Trinajstić information content (AvgIpc) is 3.41. The first-order chi connectivity index (χ1) is 37.0. The molecule has 0 aromatic heterocycles. The Hall–Kier alpha value is -3.41. The van der Waals surface area contributed by atoms with Crippen LogP contribution in [0.4, 0.5) is 0 Å². The molecule has 0 radical (unpaired) electrons. The Morgan fingerprint density at radius 2 is 0.520 bits per heavy atom. The van der Waals surface area contributed by atoms with Gasteiger partial charge in [0.25, 0.3) is 0 Å². The van der Waals surface area contributed by atoms with E-state index in [1.807, 2.05) is 0 Å². The first kappa shape index (κ1) is 71.6. The van der Waals surface area contributed by atoms with Crippen molar-refractivity contribution in [1.29, 1.82) is 0 Å². The van der Waals surface area contributed by atoms with Crippen molar-refractivity contribution in [2.75, 3.05) is 13.2 Å². The van der Waals surface area contributed by atoms with E-state index in [2.05, 4.69) is 106 Å². The second-order valence-corrected chi connectivity index (χ2v) is 21.3. The maximum Gasteiger partial charge on any atom is 0.306 e. The van der Waals surface area contributed by atoms with Crippen LogP contribution in [0.15, 0.2) is 85.1 Å². The van der Waals surface area contributed by atoms with Crippen molar-refractivity contribution >= 4 is 17.9 Å². The summed E-state index contributed by atoms with van der Waals surface area (Å²) in [5.74, 6) is -0.885. The summed E-state index contributed by atoms with van der Waals surface area (Å²) in [6, 6.07) is 0. The van der Waals surface area contributed by atoms with Crippen molar-refractivity contribution < 1.29 is 28.6 Å². The van der Waals surface area contributed by atoms with E-state index in [1.54, 1.807) is 0 Å². The molecule has 0 spiro atoms. The molecule has 75 heavy (non-hydrogen) atoms. The third-order valence-corrected chi connectivity index (χ3v) is 13.9. The summed E-state index contributed by atoms with van der Waals surface area (Å²) in [4.78, 5) is 38.3. The molecule has 0 bridgehead atoms. The maximum absolute atomic E-state index is 12.9. The van der Waals surface area contributed by atoms with Gasteiger partial charge in [0, 0.05) is 19.3 Å². The number of hydrogen-bond donors (Lipinski definition) is 0. The van der Waals surface area contributed by atoms with E-state index >= 15 is 0 Å². The minimum atomic E-state index is -0.786. The van der Waals surface area contributed by atoms with Crippen LogP contribution in [0, 0.1) is 0 Å². The molecule has 0 fully saturated rings. The lowest BCUT2D eigenvalue weighted by molar-refractivity contribution is -0.167.